The van der Waals surface area contributed by atoms with Crippen LogP contribution in [0, 0.1) is 0 Å². The molecule has 9 aromatic carbocycles. The molecule has 0 fully saturated rings. The predicted molar refractivity (Wildman–Crippen MR) is 248 cm³/mol. The molecule has 3 nitrogen and oxygen atoms in total. The van der Waals surface area contributed by atoms with Crippen LogP contribution in [-0.4, -0.2) is 19.4 Å². The van der Waals surface area contributed by atoms with Gasteiger partial charge in [0.1, 0.15) is 23.0 Å². The fraction of sp³-hybridized carbons (Fsp3) is 0. The van der Waals surface area contributed by atoms with Crippen LogP contribution in [-0.2, 0) is 0 Å². The summed E-state index contributed by atoms with van der Waals surface area (Å²) in [6, 6.07) is 79.6. The summed E-state index contributed by atoms with van der Waals surface area (Å²) in [4.78, 5) is 0. The normalized spacial score (nSPS) is 12.6. The van der Waals surface area contributed by atoms with Crippen LogP contribution in [0.1, 0.15) is 0 Å². The average Bonchev–Trinajstić information content (AvgIpc) is 3.64. The lowest BCUT2D eigenvalue weighted by atomic mass is 9.34. The van der Waals surface area contributed by atoms with Gasteiger partial charge in [-0.3, -0.25) is 0 Å². The van der Waals surface area contributed by atoms with Gasteiger partial charge in [0.05, 0.1) is 16.7 Å². The SMILES string of the molecule is c1ccc([Si](c2ccccc2)(c2ccccc2)c2cccc(-c3cc(-n4c5ccccc5c5ccccc54)cc4c3B3c5ccccc5Oc5cccc(c53)O4)c2)cc1. The van der Waals surface area contributed by atoms with Gasteiger partial charge in [-0.2, -0.15) is 0 Å². The quantitative estimate of drug-likeness (QED) is 0.125. The summed E-state index contributed by atoms with van der Waals surface area (Å²) in [6.07, 6.45) is 0. The van der Waals surface area contributed by atoms with Crippen molar-refractivity contribution in [2.45, 2.75) is 0 Å². The monoisotopic (exact) mass is 769 g/mol. The van der Waals surface area contributed by atoms with Gasteiger partial charge in [-0.15, -0.1) is 0 Å². The lowest BCUT2D eigenvalue weighted by molar-refractivity contribution is 0.464. The van der Waals surface area contributed by atoms with Crippen molar-refractivity contribution in [2.24, 2.45) is 0 Å². The summed E-state index contributed by atoms with van der Waals surface area (Å²) in [5.74, 6) is 3.41. The summed E-state index contributed by atoms with van der Waals surface area (Å²) in [6.45, 7) is -0.0971. The number of nitrogens with zero attached hydrogens (tertiary/aromatic N) is 1. The van der Waals surface area contributed by atoms with Crippen LogP contribution >= 0.6 is 0 Å². The number of fused-ring (bicyclic) bond motifs is 7. The van der Waals surface area contributed by atoms with Crippen molar-refractivity contribution in [3.8, 4) is 39.8 Å². The van der Waals surface area contributed by atoms with E-state index in [1.807, 2.05) is 6.07 Å². The molecule has 276 valence electrons. The van der Waals surface area contributed by atoms with Gasteiger partial charge >= 0.3 is 0 Å². The van der Waals surface area contributed by atoms with Gasteiger partial charge < -0.3 is 14.0 Å². The molecule has 3 heterocycles. The Labute approximate surface area is 344 Å². The second kappa shape index (κ2) is 13.4. The second-order valence-corrected chi connectivity index (χ2v) is 19.4. The van der Waals surface area contributed by atoms with Crippen molar-refractivity contribution < 1.29 is 9.47 Å². The summed E-state index contributed by atoms with van der Waals surface area (Å²) >= 11 is 0. The van der Waals surface area contributed by atoms with E-state index in [4.69, 9.17) is 9.47 Å². The molecule has 0 saturated heterocycles. The van der Waals surface area contributed by atoms with Crippen LogP contribution < -0.4 is 46.6 Å². The molecule has 0 N–H and O–H groups in total. The average molecular weight is 770 g/mol. The molecule has 0 bridgehead atoms. The molecular weight excluding hydrogens is 733 g/mol. The summed E-state index contributed by atoms with van der Waals surface area (Å²) < 4.78 is 16.1. The second-order valence-electron chi connectivity index (χ2n) is 15.5. The van der Waals surface area contributed by atoms with Crippen molar-refractivity contribution in [2.75, 3.05) is 0 Å². The first-order valence-corrected chi connectivity index (χ1v) is 22.3. The maximum Gasteiger partial charge on any atom is 0.261 e. The molecule has 0 aliphatic carbocycles. The van der Waals surface area contributed by atoms with Crippen molar-refractivity contribution in [1.29, 1.82) is 0 Å². The van der Waals surface area contributed by atoms with Crippen molar-refractivity contribution in [1.82, 2.24) is 4.57 Å². The first kappa shape index (κ1) is 33.8. The highest BCUT2D eigenvalue weighted by molar-refractivity contribution is 7.20. The van der Waals surface area contributed by atoms with E-state index < -0.39 is 8.07 Å². The highest BCUT2D eigenvalue weighted by Crippen LogP contribution is 2.40. The number of para-hydroxylation sites is 3. The van der Waals surface area contributed by atoms with Crippen LogP contribution in [0.5, 0.6) is 23.0 Å². The Kier molecular flexibility index (Phi) is 7.65. The van der Waals surface area contributed by atoms with Gasteiger partial charge in [-0.05, 0) is 79.2 Å². The highest BCUT2D eigenvalue weighted by atomic mass is 28.3. The number of hydrogen-bond acceptors (Lipinski definition) is 2. The minimum absolute atomic E-state index is 0.0971. The largest absolute Gasteiger partial charge is 0.458 e. The molecule has 2 aliphatic rings. The van der Waals surface area contributed by atoms with Crippen LogP contribution in [0.25, 0.3) is 38.6 Å². The van der Waals surface area contributed by atoms with Gasteiger partial charge in [0.2, 0.25) is 0 Å². The van der Waals surface area contributed by atoms with Crippen LogP contribution in [0.4, 0.5) is 0 Å². The smallest absolute Gasteiger partial charge is 0.261 e. The molecular formula is C54H36BNO2Si. The standard InChI is InChI=1S/C54H36BNO2Si/c1-4-19-39(20-5-1)59(40-21-6-2-7-22-40,41-23-8-3-9-24-41)42-25-16-18-37(34-42)45-35-38(56-47-29-13-10-26-43(47)44-27-11-14-30-48(44)56)36-52-53(45)55-46-28-12-15-31-49(46)57-50-32-17-33-51(58-52)54(50)55/h1-36H. The number of hydrogen-bond donors (Lipinski definition) is 0. The van der Waals surface area contributed by atoms with E-state index in [1.165, 1.54) is 31.5 Å². The van der Waals surface area contributed by atoms with Gasteiger partial charge in [-0.25, -0.2) is 0 Å². The van der Waals surface area contributed by atoms with Crippen LogP contribution in [0.2, 0.25) is 0 Å². The molecule has 10 aromatic rings. The summed E-state index contributed by atoms with van der Waals surface area (Å²) in [5, 5.41) is 7.80. The molecule has 12 rings (SSSR count). The van der Waals surface area contributed by atoms with E-state index in [2.05, 4.69) is 217 Å². The van der Waals surface area contributed by atoms with E-state index in [0.717, 1.165) is 67.2 Å². The molecule has 0 unspecified atom stereocenters. The Balaban J connectivity index is 1.18. The Morgan fingerprint density at radius 3 is 1.49 bits per heavy atom. The molecule has 0 amide bonds. The molecule has 59 heavy (non-hydrogen) atoms. The number of aromatic nitrogens is 1. The maximum atomic E-state index is 7.09. The molecule has 2 aliphatic heterocycles. The van der Waals surface area contributed by atoms with E-state index in [-0.39, 0.29) is 6.71 Å². The maximum absolute atomic E-state index is 7.09. The molecule has 1 aromatic heterocycles. The van der Waals surface area contributed by atoms with Crippen LogP contribution in [0.3, 0.4) is 0 Å². The Morgan fingerprint density at radius 1 is 0.373 bits per heavy atom. The van der Waals surface area contributed by atoms with Gasteiger partial charge in [0.15, 0.2) is 8.07 Å². The Morgan fingerprint density at radius 2 is 0.864 bits per heavy atom. The first-order valence-electron chi connectivity index (χ1n) is 20.3. The molecule has 0 atom stereocenters. The van der Waals surface area contributed by atoms with Crippen molar-refractivity contribution >= 4 is 73.7 Å². The third-order valence-electron chi connectivity index (χ3n) is 12.5. The third-order valence-corrected chi connectivity index (χ3v) is 17.2. The van der Waals surface area contributed by atoms with E-state index in [0.29, 0.717) is 0 Å². The number of benzene rings is 9. The topological polar surface area (TPSA) is 23.4 Å². The third kappa shape index (κ3) is 5.08. The summed E-state index contributed by atoms with van der Waals surface area (Å²) in [7, 11) is -2.83. The first-order chi connectivity index (χ1) is 29.3. The molecule has 0 spiro atoms. The lowest BCUT2D eigenvalue weighted by Gasteiger charge is -2.36. The molecule has 0 radical (unpaired) electrons. The molecule has 0 saturated carbocycles. The fourth-order valence-electron chi connectivity index (χ4n) is 10.0. The van der Waals surface area contributed by atoms with Gasteiger partial charge in [0.25, 0.3) is 6.71 Å². The minimum atomic E-state index is -2.83. The van der Waals surface area contributed by atoms with E-state index in [9.17, 15) is 0 Å². The summed E-state index contributed by atoms with van der Waals surface area (Å²) in [5.41, 5.74) is 9.02. The molecule has 5 heteroatoms. The van der Waals surface area contributed by atoms with Crippen molar-refractivity contribution in [3.63, 3.8) is 0 Å². The zero-order valence-electron chi connectivity index (χ0n) is 32.1. The van der Waals surface area contributed by atoms with Gasteiger partial charge in [0, 0.05) is 22.3 Å². The van der Waals surface area contributed by atoms with E-state index >= 15 is 0 Å². The lowest BCUT2D eigenvalue weighted by Crippen LogP contribution is -2.74. The Bertz CT molecular complexity index is 3090. The van der Waals surface area contributed by atoms with Gasteiger partial charge in [-0.1, -0.05) is 176 Å². The highest BCUT2D eigenvalue weighted by Gasteiger charge is 2.44. The van der Waals surface area contributed by atoms with Crippen molar-refractivity contribution in [3.05, 3.63) is 218 Å². The number of ether oxygens (including phenoxy) is 2. The zero-order chi connectivity index (χ0) is 38.9. The Hall–Kier alpha value is -7.34. The fourth-order valence-corrected chi connectivity index (χ4v) is 14.8. The zero-order valence-corrected chi connectivity index (χ0v) is 33.1. The number of rotatable bonds is 6. The minimum Gasteiger partial charge on any atom is -0.458 e. The van der Waals surface area contributed by atoms with Crippen LogP contribution in [0.15, 0.2) is 218 Å². The predicted octanol–water partition coefficient (Wildman–Crippen LogP) is 8.56. The van der Waals surface area contributed by atoms with E-state index in [1.54, 1.807) is 0 Å².